The molecule has 156 valence electrons. The van der Waals surface area contributed by atoms with Crippen LogP contribution in [0.4, 0.5) is 0 Å². The average molecular weight is 419 g/mol. The maximum atomic E-state index is 12.4. The van der Waals surface area contributed by atoms with Gasteiger partial charge in [0.25, 0.3) is 5.91 Å². The molecule has 0 aliphatic rings. The third kappa shape index (κ3) is 6.69. The van der Waals surface area contributed by atoms with Crippen LogP contribution >= 0.6 is 0 Å². The summed E-state index contributed by atoms with van der Waals surface area (Å²) in [6.07, 6.45) is -1.06. The second-order valence-corrected chi connectivity index (χ2v) is 8.65. The molecule has 0 saturated carbocycles. The molecule has 2 N–H and O–H groups in total. The molecule has 29 heavy (non-hydrogen) atoms. The minimum atomic E-state index is -3.88. The van der Waals surface area contributed by atoms with Gasteiger partial charge in [-0.05, 0) is 45.4 Å². The monoisotopic (exact) mass is 418 g/mol. The number of nitrogens with one attached hydrogen (secondary N) is 2. The van der Waals surface area contributed by atoms with E-state index >= 15 is 0 Å². The molecule has 0 radical (unpaired) electrons. The van der Waals surface area contributed by atoms with Crippen molar-refractivity contribution in [2.45, 2.75) is 51.3 Å². The minimum Gasteiger partial charge on any atom is -0.451 e. The van der Waals surface area contributed by atoms with E-state index in [2.05, 4.69) is 10.0 Å². The number of aryl methyl sites for hydroxylation is 2. The molecule has 7 nitrogen and oxygen atoms in total. The molecular formula is C21H26N2O5S. The second-order valence-electron chi connectivity index (χ2n) is 6.94. The summed E-state index contributed by atoms with van der Waals surface area (Å²) in [6, 6.07) is 12.8. The standard InChI is InChI=1S/C21H26N2O5S/c1-14-5-9-18(10-6-14)13-22-20(24)17(4)28-21(25)16(3)23-29(26,27)19-11-7-15(2)8-12-19/h5-12,16-17,23H,13H2,1-4H3,(H,22,24)/t16-,17-/m0/s1. The van der Waals surface area contributed by atoms with E-state index in [-0.39, 0.29) is 4.90 Å². The third-order valence-corrected chi connectivity index (χ3v) is 5.82. The van der Waals surface area contributed by atoms with Crippen molar-refractivity contribution in [1.29, 1.82) is 0 Å². The van der Waals surface area contributed by atoms with Gasteiger partial charge in [0.05, 0.1) is 4.90 Å². The van der Waals surface area contributed by atoms with Gasteiger partial charge < -0.3 is 10.1 Å². The van der Waals surface area contributed by atoms with Gasteiger partial charge in [0.2, 0.25) is 10.0 Å². The summed E-state index contributed by atoms with van der Waals surface area (Å²) in [4.78, 5) is 24.4. The Bertz CT molecular complexity index is 954. The molecule has 0 saturated heterocycles. The Morgan fingerprint density at radius 2 is 1.45 bits per heavy atom. The number of sulfonamides is 1. The molecular weight excluding hydrogens is 392 g/mol. The van der Waals surface area contributed by atoms with E-state index in [1.165, 1.54) is 26.0 Å². The molecule has 0 spiro atoms. The molecule has 0 aliphatic carbocycles. The first-order chi connectivity index (χ1) is 13.6. The second kappa shape index (κ2) is 9.67. The first-order valence-corrected chi connectivity index (χ1v) is 10.7. The fraction of sp³-hybridized carbons (Fsp3) is 0.333. The summed E-state index contributed by atoms with van der Waals surface area (Å²) in [5.41, 5.74) is 2.95. The van der Waals surface area contributed by atoms with Gasteiger partial charge in [-0.2, -0.15) is 4.72 Å². The van der Waals surface area contributed by atoms with Crippen molar-refractivity contribution in [3.8, 4) is 0 Å². The first-order valence-electron chi connectivity index (χ1n) is 9.21. The Labute approximate surface area is 171 Å². The van der Waals surface area contributed by atoms with E-state index in [4.69, 9.17) is 4.74 Å². The molecule has 0 unspecified atom stereocenters. The van der Waals surface area contributed by atoms with Crippen LogP contribution in [0, 0.1) is 13.8 Å². The Morgan fingerprint density at radius 1 is 0.931 bits per heavy atom. The fourth-order valence-corrected chi connectivity index (χ4v) is 3.63. The van der Waals surface area contributed by atoms with Gasteiger partial charge in [-0.1, -0.05) is 47.5 Å². The van der Waals surface area contributed by atoms with Gasteiger partial charge in [-0.25, -0.2) is 8.42 Å². The Morgan fingerprint density at radius 3 is 2.00 bits per heavy atom. The number of carbonyl (C=O) groups is 2. The van der Waals surface area contributed by atoms with Crippen LogP contribution in [0.25, 0.3) is 0 Å². The van der Waals surface area contributed by atoms with Gasteiger partial charge in [-0.3, -0.25) is 9.59 Å². The van der Waals surface area contributed by atoms with E-state index < -0.39 is 34.0 Å². The average Bonchev–Trinajstić information content (AvgIpc) is 2.67. The van der Waals surface area contributed by atoms with Gasteiger partial charge >= 0.3 is 5.97 Å². The highest BCUT2D eigenvalue weighted by molar-refractivity contribution is 7.89. The molecule has 2 aromatic rings. The van der Waals surface area contributed by atoms with Crippen molar-refractivity contribution in [3.05, 3.63) is 65.2 Å². The number of esters is 1. The lowest BCUT2D eigenvalue weighted by Crippen LogP contribution is -2.43. The Hall–Kier alpha value is -2.71. The summed E-state index contributed by atoms with van der Waals surface area (Å²) in [5, 5.41) is 2.69. The van der Waals surface area contributed by atoms with Crippen LogP contribution in [0.5, 0.6) is 0 Å². The summed E-state index contributed by atoms with van der Waals surface area (Å²) in [7, 11) is -3.88. The van der Waals surface area contributed by atoms with Crippen LogP contribution in [-0.4, -0.2) is 32.4 Å². The zero-order valence-corrected chi connectivity index (χ0v) is 17.7. The van der Waals surface area contributed by atoms with E-state index in [9.17, 15) is 18.0 Å². The maximum absolute atomic E-state index is 12.4. The largest absolute Gasteiger partial charge is 0.451 e. The molecule has 0 bridgehead atoms. The summed E-state index contributed by atoms with van der Waals surface area (Å²) >= 11 is 0. The smallest absolute Gasteiger partial charge is 0.324 e. The van der Waals surface area contributed by atoms with Crippen LogP contribution < -0.4 is 10.0 Å². The quantitative estimate of drug-likeness (QED) is 0.640. The highest BCUT2D eigenvalue weighted by atomic mass is 32.2. The summed E-state index contributed by atoms with van der Waals surface area (Å²) in [5.74, 6) is -1.30. The van der Waals surface area contributed by atoms with E-state index in [0.29, 0.717) is 6.54 Å². The number of hydrogen-bond acceptors (Lipinski definition) is 5. The summed E-state index contributed by atoms with van der Waals surface area (Å²) in [6.45, 7) is 6.92. The van der Waals surface area contributed by atoms with Crippen LogP contribution in [0.2, 0.25) is 0 Å². The topological polar surface area (TPSA) is 102 Å². The Kier molecular flexibility index (Phi) is 7.53. The number of hydrogen-bond donors (Lipinski definition) is 2. The highest BCUT2D eigenvalue weighted by Gasteiger charge is 2.26. The predicted molar refractivity (Wildman–Crippen MR) is 110 cm³/mol. The molecule has 2 atom stereocenters. The van der Waals surface area contributed by atoms with Crippen LogP contribution in [0.1, 0.15) is 30.5 Å². The lowest BCUT2D eigenvalue weighted by atomic mass is 10.1. The normalized spacial score (nSPS) is 13.4. The third-order valence-electron chi connectivity index (χ3n) is 4.27. The summed E-state index contributed by atoms with van der Waals surface area (Å²) < 4.78 is 32.1. The van der Waals surface area contributed by atoms with Crippen LogP contribution in [0.3, 0.4) is 0 Å². The number of rotatable bonds is 8. The fourth-order valence-electron chi connectivity index (χ4n) is 2.43. The highest BCUT2D eigenvalue weighted by Crippen LogP contribution is 2.11. The molecule has 2 rings (SSSR count). The Balaban J connectivity index is 1.88. The van der Waals surface area contributed by atoms with Crippen molar-refractivity contribution < 1.29 is 22.7 Å². The van der Waals surface area contributed by atoms with Crippen molar-refractivity contribution >= 4 is 21.9 Å². The van der Waals surface area contributed by atoms with Crippen LogP contribution in [0.15, 0.2) is 53.4 Å². The maximum Gasteiger partial charge on any atom is 0.324 e. The number of benzene rings is 2. The molecule has 0 fully saturated rings. The molecule has 1 amide bonds. The van der Waals surface area contributed by atoms with E-state index in [0.717, 1.165) is 16.7 Å². The predicted octanol–water partition coefficient (Wildman–Crippen LogP) is 2.22. The number of amides is 1. The van der Waals surface area contributed by atoms with Crippen molar-refractivity contribution in [1.82, 2.24) is 10.0 Å². The van der Waals surface area contributed by atoms with Crippen LogP contribution in [-0.2, 0) is 30.9 Å². The SMILES string of the molecule is Cc1ccc(CNC(=O)[C@H](C)OC(=O)[C@H](C)NS(=O)(=O)c2ccc(C)cc2)cc1. The zero-order chi connectivity index (χ0) is 21.6. The molecule has 0 aliphatic heterocycles. The van der Waals surface area contributed by atoms with Gasteiger partial charge in [0, 0.05) is 6.54 Å². The van der Waals surface area contributed by atoms with Crippen molar-refractivity contribution in [3.63, 3.8) is 0 Å². The lowest BCUT2D eigenvalue weighted by Gasteiger charge is -2.18. The molecule has 0 aromatic heterocycles. The lowest BCUT2D eigenvalue weighted by molar-refractivity contribution is -0.156. The van der Waals surface area contributed by atoms with Gasteiger partial charge in [0.1, 0.15) is 6.04 Å². The van der Waals surface area contributed by atoms with Gasteiger partial charge in [0.15, 0.2) is 6.10 Å². The first kappa shape index (κ1) is 22.6. The van der Waals surface area contributed by atoms with Crippen molar-refractivity contribution in [2.24, 2.45) is 0 Å². The van der Waals surface area contributed by atoms with Crippen molar-refractivity contribution in [2.75, 3.05) is 0 Å². The molecule has 2 aromatic carbocycles. The van der Waals surface area contributed by atoms with E-state index in [1.54, 1.807) is 12.1 Å². The zero-order valence-electron chi connectivity index (χ0n) is 16.9. The van der Waals surface area contributed by atoms with Gasteiger partial charge in [-0.15, -0.1) is 0 Å². The number of carbonyl (C=O) groups excluding carboxylic acids is 2. The molecule has 0 heterocycles. The number of ether oxygens (including phenoxy) is 1. The van der Waals surface area contributed by atoms with E-state index in [1.807, 2.05) is 38.1 Å². The minimum absolute atomic E-state index is 0.0478. The molecule has 8 heteroatoms.